The third-order valence-electron chi connectivity index (χ3n) is 15.4. The molecule has 0 atom stereocenters. The van der Waals surface area contributed by atoms with Gasteiger partial charge in [-0.05, 0) is 0 Å². The second kappa shape index (κ2) is 15.4. The van der Waals surface area contributed by atoms with E-state index in [9.17, 15) is 0 Å². The summed E-state index contributed by atoms with van der Waals surface area (Å²) < 4.78 is 10.7. The molecule has 0 radical (unpaired) electrons. The number of rotatable bonds is 5. The van der Waals surface area contributed by atoms with Crippen molar-refractivity contribution in [3.8, 4) is 33.9 Å². The summed E-state index contributed by atoms with van der Waals surface area (Å²) in [5.74, 6) is 1.93. The van der Waals surface area contributed by atoms with Crippen LogP contribution in [0.5, 0.6) is 0 Å². The van der Waals surface area contributed by atoms with E-state index in [1.165, 1.54) is 125 Å². The molecule has 0 amide bonds. The van der Waals surface area contributed by atoms with E-state index in [0.717, 1.165) is 0 Å². The number of hydrogen-bond acceptors (Lipinski definition) is 0. The normalized spacial score (nSPS) is 13.7. The van der Waals surface area contributed by atoms with Crippen LogP contribution >= 0.6 is 0 Å². The topological polar surface area (TPSA) is 13.7 Å². The van der Waals surface area contributed by atoms with E-state index >= 15 is 0 Å². The molecule has 2 aliphatic heterocycles. The van der Waals surface area contributed by atoms with E-state index in [4.69, 9.17) is 0 Å². The minimum atomic E-state index is -0.0128. The first-order valence-electron chi connectivity index (χ1n) is 25.0. The third-order valence-corrected chi connectivity index (χ3v) is 17.8. The molecule has 342 valence electrons. The van der Waals surface area contributed by atoms with E-state index in [0.29, 0.717) is 11.8 Å². The third kappa shape index (κ3) is 6.85. The molecule has 0 unspecified atom stereocenters. The number of aromatic nitrogens is 3. The molecule has 4 heterocycles. The Bertz CT molecular complexity index is 3550. The Morgan fingerprint density at radius 2 is 1.18 bits per heavy atom. The molecule has 7 aromatic carbocycles. The molecule has 0 N–H and O–H groups in total. The molecule has 0 fully saturated rings. The van der Waals surface area contributed by atoms with Crippen LogP contribution in [0, 0.1) is 6.92 Å². The predicted octanol–water partition coefficient (Wildman–Crippen LogP) is 12.1. The summed E-state index contributed by atoms with van der Waals surface area (Å²) in [6.07, 6.45) is 0. The van der Waals surface area contributed by atoms with Gasteiger partial charge in [-0.2, -0.15) is 0 Å². The van der Waals surface area contributed by atoms with E-state index in [-0.39, 0.29) is 37.9 Å². The average molecular weight is 956 g/mol. The summed E-state index contributed by atoms with van der Waals surface area (Å²) in [7, 11) is 2.26. The fourth-order valence-electron chi connectivity index (χ4n) is 11.5. The molecular weight excluding hydrogens is 888 g/mol. The van der Waals surface area contributed by atoms with Gasteiger partial charge in [0, 0.05) is 0 Å². The molecule has 0 bridgehead atoms. The van der Waals surface area contributed by atoms with Crippen molar-refractivity contribution < 1.29 is 4.57 Å². The van der Waals surface area contributed by atoms with E-state index in [1.807, 2.05) is 0 Å². The zero-order valence-corrected chi connectivity index (χ0v) is 44.7. The Kier molecular flexibility index (Phi) is 10.2. The maximum atomic E-state index is 2.68. The average Bonchev–Trinajstić information content (AvgIpc) is 3.77. The minimum absolute atomic E-state index is 0.0128. The van der Waals surface area contributed by atoms with Crippen LogP contribution < -0.4 is 29.9 Å². The first-order valence-corrected chi connectivity index (χ1v) is 26.7. The molecule has 68 heavy (non-hydrogen) atoms. The number of para-hydroxylation sites is 3. The molecule has 9 aromatic rings. The molecule has 0 saturated heterocycles. The van der Waals surface area contributed by atoms with Gasteiger partial charge in [0.15, 0.2) is 0 Å². The van der Waals surface area contributed by atoms with Crippen LogP contribution in [0.2, 0.25) is 0 Å². The first-order chi connectivity index (χ1) is 32.1. The van der Waals surface area contributed by atoms with Crippen molar-refractivity contribution in [1.29, 1.82) is 0 Å². The quantitative estimate of drug-likeness (QED) is 0.121. The van der Waals surface area contributed by atoms with Crippen molar-refractivity contribution >= 4 is 79.8 Å². The monoisotopic (exact) mass is 956 g/mol. The van der Waals surface area contributed by atoms with E-state index < -0.39 is 0 Å². The molecule has 0 spiro atoms. The second-order valence-electron chi connectivity index (χ2n) is 23.8. The summed E-state index contributed by atoms with van der Waals surface area (Å²) >= 11 is 0.114. The number of aryl methyl sites for hydroxylation is 2. The van der Waals surface area contributed by atoms with Crippen LogP contribution in [0.1, 0.15) is 135 Å². The Morgan fingerprint density at radius 3 is 1.85 bits per heavy atom. The standard InChI is InChI=1S/C63H67BN3Se/c1-36(2)44-19-18-20-45(37(3)4)58(44)67-53-22-17-16-21-52(53)65(15)60(67)46-29-39(24-23-38(46)5)40-30-54-57-56(31-40)68-55-28-26-42(62(9,10)11)34-49(55)64(57)50-35-43(63(12,13)14)33-48-47-32-41(61(6,7)8)25-27-51(47)66(54)59(48)50/h16-37H,1-15H3/q+1. The molecule has 11 rings (SSSR count). The first kappa shape index (κ1) is 44.9. The van der Waals surface area contributed by atoms with Crippen LogP contribution in [0.25, 0.3) is 66.7 Å². The van der Waals surface area contributed by atoms with Crippen LogP contribution in [-0.4, -0.2) is 30.8 Å². The number of hydrogen-bond donors (Lipinski definition) is 0. The van der Waals surface area contributed by atoms with Gasteiger partial charge >= 0.3 is 414 Å². The van der Waals surface area contributed by atoms with E-state index in [1.54, 1.807) is 0 Å². The molecule has 2 aromatic heterocycles. The van der Waals surface area contributed by atoms with Gasteiger partial charge in [0.25, 0.3) is 0 Å². The summed E-state index contributed by atoms with van der Waals surface area (Å²) in [5.41, 5.74) is 24.3. The van der Waals surface area contributed by atoms with Crippen LogP contribution in [0.4, 0.5) is 0 Å². The van der Waals surface area contributed by atoms with Crippen LogP contribution in [0.3, 0.4) is 0 Å². The van der Waals surface area contributed by atoms with Crippen molar-refractivity contribution in [1.82, 2.24) is 9.13 Å². The van der Waals surface area contributed by atoms with Gasteiger partial charge in [0.05, 0.1) is 0 Å². The Morgan fingerprint density at radius 1 is 0.544 bits per heavy atom. The molecular formula is C63H67BN3Se+. The molecule has 0 saturated carbocycles. The van der Waals surface area contributed by atoms with Crippen molar-refractivity contribution in [3.63, 3.8) is 0 Å². The number of benzene rings is 7. The van der Waals surface area contributed by atoms with Gasteiger partial charge < -0.3 is 0 Å². The Labute approximate surface area is 411 Å². The Hall–Kier alpha value is -5.61. The fraction of sp³-hybridized carbons (Fsp3) is 0.317. The second-order valence-corrected chi connectivity index (χ2v) is 26.1. The predicted molar refractivity (Wildman–Crippen MR) is 295 cm³/mol. The number of fused-ring (bicyclic) bond motifs is 8. The molecule has 0 aliphatic carbocycles. The van der Waals surface area contributed by atoms with Gasteiger partial charge in [-0.1, -0.05) is 0 Å². The van der Waals surface area contributed by atoms with Gasteiger partial charge in [-0.15, -0.1) is 0 Å². The summed E-state index contributed by atoms with van der Waals surface area (Å²) in [6, 6.07) is 48.3. The molecule has 3 nitrogen and oxygen atoms in total. The van der Waals surface area contributed by atoms with Crippen LogP contribution in [0.15, 0.2) is 121 Å². The van der Waals surface area contributed by atoms with Gasteiger partial charge in [-0.3, -0.25) is 0 Å². The van der Waals surface area contributed by atoms with Crippen LogP contribution in [-0.2, 0) is 23.3 Å². The summed E-state index contributed by atoms with van der Waals surface area (Å²) in [6.45, 7) is 33.0. The summed E-state index contributed by atoms with van der Waals surface area (Å²) in [5, 5.41) is 2.73. The molecule has 2 aliphatic rings. The Balaban J connectivity index is 1.22. The maximum absolute atomic E-state index is 2.68. The fourth-order valence-corrected chi connectivity index (χ4v) is 14.0. The van der Waals surface area contributed by atoms with Gasteiger partial charge in [0.1, 0.15) is 0 Å². The zero-order chi connectivity index (χ0) is 48.1. The van der Waals surface area contributed by atoms with E-state index in [2.05, 4.69) is 239 Å². The van der Waals surface area contributed by atoms with Gasteiger partial charge in [0.2, 0.25) is 0 Å². The zero-order valence-electron chi connectivity index (χ0n) is 43.0. The van der Waals surface area contributed by atoms with Gasteiger partial charge in [-0.25, -0.2) is 0 Å². The van der Waals surface area contributed by atoms with Crippen molar-refractivity contribution in [2.24, 2.45) is 7.05 Å². The van der Waals surface area contributed by atoms with Crippen molar-refractivity contribution in [2.75, 3.05) is 0 Å². The molecule has 5 heteroatoms. The number of nitrogens with zero attached hydrogens (tertiary/aromatic N) is 3. The van der Waals surface area contributed by atoms with Crippen molar-refractivity contribution in [3.05, 3.63) is 155 Å². The van der Waals surface area contributed by atoms with Crippen molar-refractivity contribution in [2.45, 2.75) is 125 Å². The number of imidazole rings is 1. The summed E-state index contributed by atoms with van der Waals surface area (Å²) in [4.78, 5) is 0. The SMILES string of the molecule is Cc1ccc(-c2cc3c4c(c2)-n2c5ccc(C(C)(C)C)cc5c5cc(C(C)(C)C)cc(c52)B4c2cc(C(C)(C)C)ccc2[Se]3)cc1-c1n(-c2c(C(C)C)cccc2C(C)C)c2ccccc2[n+]1C.